The monoisotopic (exact) mass is 567 g/mol. The van der Waals surface area contributed by atoms with Gasteiger partial charge in [-0.25, -0.2) is 4.79 Å². The number of aryl methyl sites for hydroxylation is 1. The number of hydrogen-bond donors (Lipinski definition) is 3. The van der Waals surface area contributed by atoms with Crippen LogP contribution in [0.3, 0.4) is 0 Å². The second kappa shape index (κ2) is 16.0. The smallest absolute Gasteiger partial charge is 0.408 e. The number of carbonyl (C=O) groups is 3. The molecule has 3 amide bonds. The van der Waals surface area contributed by atoms with Crippen LogP contribution in [0, 0.1) is 12.8 Å². The molecule has 2 atom stereocenters. The number of aromatic hydroxyl groups is 1. The fourth-order valence-electron chi connectivity index (χ4n) is 4.65. The lowest BCUT2D eigenvalue weighted by Gasteiger charge is -2.35. The number of unbranched alkanes of at least 4 members (excludes halogenated alkanes) is 3. The highest BCUT2D eigenvalue weighted by molar-refractivity contribution is 5.92. The molecular formula is C33H49N3O5. The summed E-state index contributed by atoms with van der Waals surface area (Å²) in [4.78, 5) is 42.6. The molecule has 8 nitrogen and oxygen atoms in total. The number of amides is 3. The van der Waals surface area contributed by atoms with Crippen LogP contribution >= 0.6 is 0 Å². The lowest BCUT2D eigenvalue weighted by Crippen LogP contribution is -2.53. The maximum atomic E-state index is 14.3. The molecule has 2 aromatic rings. The van der Waals surface area contributed by atoms with Gasteiger partial charge >= 0.3 is 6.09 Å². The predicted octanol–water partition coefficient (Wildman–Crippen LogP) is 6.41. The number of benzene rings is 2. The van der Waals surface area contributed by atoms with E-state index in [4.69, 9.17) is 4.74 Å². The van der Waals surface area contributed by atoms with E-state index in [9.17, 15) is 19.5 Å². The molecule has 0 heterocycles. The SMILES string of the molecule is CCCCCCN(C(=O)C(CC(C)C)NC(=O)OC(C)(C)C)C(C(=O)NCc1ccccc1)c1cccc(C)c1O. The molecule has 8 heteroatoms. The van der Waals surface area contributed by atoms with Gasteiger partial charge in [-0.15, -0.1) is 0 Å². The Morgan fingerprint density at radius 1 is 0.976 bits per heavy atom. The first kappa shape index (κ1) is 33.7. The second-order valence-electron chi connectivity index (χ2n) is 12.0. The molecule has 0 aliphatic rings. The van der Waals surface area contributed by atoms with Gasteiger partial charge in [0, 0.05) is 18.7 Å². The average molecular weight is 568 g/mol. The van der Waals surface area contributed by atoms with Gasteiger partial charge in [0.25, 0.3) is 0 Å². The molecule has 3 N–H and O–H groups in total. The summed E-state index contributed by atoms with van der Waals surface area (Å²) >= 11 is 0. The number of carbonyl (C=O) groups excluding carboxylic acids is 3. The number of nitrogens with one attached hydrogen (secondary N) is 2. The molecule has 41 heavy (non-hydrogen) atoms. The summed E-state index contributed by atoms with van der Waals surface area (Å²) in [6, 6.07) is 12.7. The first-order valence-corrected chi connectivity index (χ1v) is 14.7. The van der Waals surface area contributed by atoms with Crippen molar-refractivity contribution in [1.82, 2.24) is 15.5 Å². The van der Waals surface area contributed by atoms with Gasteiger partial charge in [-0.1, -0.05) is 88.6 Å². The normalized spacial score (nSPS) is 12.9. The minimum atomic E-state index is -1.09. The van der Waals surface area contributed by atoms with Crippen molar-refractivity contribution in [3.8, 4) is 5.75 Å². The molecule has 0 aliphatic carbocycles. The van der Waals surface area contributed by atoms with Crippen molar-refractivity contribution in [3.05, 3.63) is 65.2 Å². The fraction of sp³-hybridized carbons (Fsp3) is 0.545. The lowest BCUT2D eigenvalue weighted by atomic mass is 9.97. The number of rotatable bonds is 14. The van der Waals surface area contributed by atoms with Crippen LogP contribution < -0.4 is 10.6 Å². The Morgan fingerprint density at radius 3 is 2.27 bits per heavy atom. The van der Waals surface area contributed by atoms with E-state index in [1.807, 2.05) is 44.2 Å². The quantitative estimate of drug-likeness (QED) is 0.229. The molecule has 0 radical (unpaired) electrons. The van der Waals surface area contributed by atoms with E-state index in [2.05, 4.69) is 17.6 Å². The Labute approximate surface area is 245 Å². The van der Waals surface area contributed by atoms with Gasteiger partial charge in [0.1, 0.15) is 23.4 Å². The first-order valence-electron chi connectivity index (χ1n) is 14.7. The molecule has 0 saturated carbocycles. The summed E-state index contributed by atoms with van der Waals surface area (Å²) in [5, 5.41) is 16.8. The van der Waals surface area contributed by atoms with Crippen molar-refractivity contribution < 1.29 is 24.2 Å². The third-order valence-corrected chi connectivity index (χ3v) is 6.66. The molecule has 0 aliphatic heterocycles. The third-order valence-electron chi connectivity index (χ3n) is 6.66. The lowest BCUT2D eigenvalue weighted by molar-refractivity contribution is -0.143. The van der Waals surface area contributed by atoms with Crippen LogP contribution in [0.2, 0.25) is 0 Å². The van der Waals surface area contributed by atoms with E-state index < -0.39 is 29.7 Å². The zero-order chi connectivity index (χ0) is 30.6. The van der Waals surface area contributed by atoms with Gasteiger partial charge in [-0.2, -0.15) is 0 Å². The van der Waals surface area contributed by atoms with Gasteiger partial charge < -0.3 is 25.4 Å². The number of alkyl carbamates (subject to hydrolysis) is 1. The second-order valence-corrected chi connectivity index (χ2v) is 12.0. The number of phenolic OH excluding ortho intramolecular Hbond substituents is 1. The molecular weight excluding hydrogens is 518 g/mol. The maximum absolute atomic E-state index is 14.3. The molecule has 0 fully saturated rings. The predicted molar refractivity (Wildman–Crippen MR) is 162 cm³/mol. The number of nitrogens with zero attached hydrogens (tertiary/aromatic N) is 1. The van der Waals surface area contributed by atoms with Gasteiger partial charge in [0.2, 0.25) is 11.8 Å². The van der Waals surface area contributed by atoms with Crippen LogP contribution in [0.15, 0.2) is 48.5 Å². The minimum Gasteiger partial charge on any atom is -0.507 e. The molecule has 0 bridgehead atoms. The minimum absolute atomic E-state index is 0.0285. The summed E-state index contributed by atoms with van der Waals surface area (Å²) in [5.41, 5.74) is 1.13. The van der Waals surface area contributed by atoms with E-state index in [0.717, 1.165) is 24.8 Å². The van der Waals surface area contributed by atoms with E-state index in [-0.39, 0.29) is 24.1 Å². The summed E-state index contributed by atoms with van der Waals surface area (Å²) in [5.74, 6) is -0.737. The van der Waals surface area contributed by atoms with Crippen LogP contribution in [-0.4, -0.2) is 46.1 Å². The van der Waals surface area contributed by atoms with E-state index in [1.165, 1.54) is 4.90 Å². The Kier molecular flexibility index (Phi) is 13.2. The molecule has 0 saturated heterocycles. The topological polar surface area (TPSA) is 108 Å². The van der Waals surface area contributed by atoms with Gasteiger partial charge in [-0.05, 0) is 57.6 Å². The van der Waals surface area contributed by atoms with Crippen molar-refractivity contribution in [1.29, 1.82) is 0 Å². The molecule has 226 valence electrons. The third kappa shape index (κ3) is 11.1. The molecule has 2 rings (SSSR count). The molecule has 0 aromatic heterocycles. The highest BCUT2D eigenvalue weighted by Crippen LogP contribution is 2.33. The van der Waals surface area contributed by atoms with Gasteiger partial charge in [0.05, 0.1) is 0 Å². The Morgan fingerprint density at radius 2 is 1.66 bits per heavy atom. The van der Waals surface area contributed by atoms with Crippen LogP contribution in [0.1, 0.15) is 96.4 Å². The number of hydrogen-bond acceptors (Lipinski definition) is 5. The van der Waals surface area contributed by atoms with E-state index >= 15 is 0 Å². The molecule has 2 aromatic carbocycles. The number of para-hydroxylation sites is 1. The van der Waals surface area contributed by atoms with Crippen LogP contribution in [0.5, 0.6) is 5.75 Å². The van der Waals surface area contributed by atoms with Crippen molar-refractivity contribution in [3.63, 3.8) is 0 Å². The van der Waals surface area contributed by atoms with Crippen LogP contribution in [-0.2, 0) is 20.9 Å². The van der Waals surface area contributed by atoms with Crippen LogP contribution in [0.4, 0.5) is 4.79 Å². The summed E-state index contributed by atoms with van der Waals surface area (Å²) in [7, 11) is 0. The Bertz CT molecular complexity index is 1130. The largest absolute Gasteiger partial charge is 0.507 e. The number of ether oxygens (including phenoxy) is 1. The molecule has 0 spiro atoms. The summed E-state index contributed by atoms with van der Waals surface area (Å²) < 4.78 is 5.47. The van der Waals surface area contributed by atoms with Gasteiger partial charge in [-0.3, -0.25) is 9.59 Å². The molecule has 2 unspecified atom stereocenters. The van der Waals surface area contributed by atoms with Crippen molar-refractivity contribution in [2.24, 2.45) is 5.92 Å². The highest BCUT2D eigenvalue weighted by Gasteiger charge is 2.37. The summed E-state index contributed by atoms with van der Waals surface area (Å²) in [6.07, 6.45) is 3.24. The van der Waals surface area contributed by atoms with E-state index in [0.29, 0.717) is 30.5 Å². The van der Waals surface area contributed by atoms with Crippen molar-refractivity contribution in [2.45, 2.75) is 105 Å². The number of phenols is 1. The Balaban J connectivity index is 2.53. The van der Waals surface area contributed by atoms with Crippen LogP contribution in [0.25, 0.3) is 0 Å². The van der Waals surface area contributed by atoms with Gasteiger partial charge in [0.15, 0.2) is 0 Å². The standard InChI is InChI=1S/C33H49N3O5/c1-8-9-10-14-20-36(31(39)27(21-23(2)3)35-32(40)41-33(5,6)7)28(26-19-15-16-24(4)29(26)37)30(38)34-22-25-17-12-11-13-18-25/h11-13,15-19,23,27-28,37H,8-10,14,20-22H2,1-7H3,(H,34,38)(H,35,40). The van der Waals surface area contributed by atoms with Crippen molar-refractivity contribution in [2.75, 3.05) is 6.54 Å². The summed E-state index contributed by atoms with van der Waals surface area (Å²) in [6.45, 7) is 13.7. The maximum Gasteiger partial charge on any atom is 0.408 e. The first-order chi connectivity index (χ1) is 19.3. The Hall–Kier alpha value is -3.55. The van der Waals surface area contributed by atoms with Crippen molar-refractivity contribution >= 4 is 17.9 Å². The zero-order valence-electron chi connectivity index (χ0n) is 25.8. The fourth-order valence-corrected chi connectivity index (χ4v) is 4.65. The average Bonchev–Trinajstić information content (AvgIpc) is 2.89. The highest BCUT2D eigenvalue weighted by atomic mass is 16.6. The van der Waals surface area contributed by atoms with E-state index in [1.54, 1.807) is 45.9 Å². The zero-order valence-corrected chi connectivity index (χ0v) is 25.8.